The van der Waals surface area contributed by atoms with Crippen molar-refractivity contribution in [2.75, 3.05) is 26.8 Å². The third-order valence-electron chi connectivity index (χ3n) is 4.08. The fourth-order valence-electron chi connectivity index (χ4n) is 2.71. The lowest BCUT2D eigenvalue weighted by Gasteiger charge is -2.32. The monoisotopic (exact) mass is 310 g/mol. The quantitative estimate of drug-likeness (QED) is 0.897. The lowest BCUT2D eigenvalue weighted by atomic mass is 9.99. The summed E-state index contributed by atoms with van der Waals surface area (Å²) in [6.07, 6.45) is 1.84. The molecule has 1 aromatic rings. The van der Waals surface area contributed by atoms with Crippen LogP contribution in [0.2, 0.25) is 0 Å². The Kier molecular flexibility index (Phi) is 5.60. The van der Waals surface area contributed by atoms with E-state index in [1.807, 2.05) is 6.92 Å². The average molecular weight is 310 g/mol. The van der Waals surface area contributed by atoms with Crippen LogP contribution in [-0.2, 0) is 0 Å². The summed E-state index contributed by atoms with van der Waals surface area (Å²) >= 11 is 0. The van der Waals surface area contributed by atoms with Gasteiger partial charge in [0.15, 0.2) is 11.6 Å². The van der Waals surface area contributed by atoms with Gasteiger partial charge in [0.2, 0.25) is 0 Å². The highest BCUT2D eigenvalue weighted by Crippen LogP contribution is 2.22. The second-order valence-electron chi connectivity index (χ2n) is 5.70. The molecule has 2 N–H and O–H groups in total. The third kappa shape index (κ3) is 3.88. The summed E-state index contributed by atoms with van der Waals surface area (Å²) in [7, 11) is 1.41. The Morgan fingerprint density at radius 1 is 1.59 bits per heavy atom. The van der Waals surface area contributed by atoms with Crippen LogP contribution >= 0.6 is 0 Å². The average Bonchev–Trinajstić information content (AvgIpc) is 2.54. The predicted molar refractivity (Wildman–Crippen MR) is 81.3 cm³/mol. The molecule has 1 fully saturated rings. The number of aliphatic hydroxyl groups is 1. The van der Waals surface area contributed by atoms with Crippen molar-refractivity contribution >= 4 is 6.03 Å². The molecule has 1 aliphatic rings. The first-order chi connectivity index (χ1) is 10.5. The molecule has 0 spiro atoms. The van der Waals surface area contributed by atoms with E-state index in [0.717, 1.165) is 12.8 Å². The molecule has 22 heavy (non-hydrogen) atoms. The van der Waals surface area contributed by atoms with Gasteiger partial charge in [-0.05, 0) is 43.4 Å². The van der Waals surface area contributed by atoms with E-state index in [2.05, 4.69) is 5.32 Å². The number of piperidine rings is 1. The minimum absolute atomic E-state index is 0.100. The van der Waals surface area contributed by atoms with Crippen molar-refractivity contribution in [3.8, 4) is 5.75 Å². The fraction of sp³-hybridized carbons (Fsp3) is 0.562. The van der Waals surface area contributed by atoms with Gasteiger partial charge < -0.3 is 20.1 Å². The third-order valence-corrected chi connectivity index (χ3v) is 4.08. The molecule has 1 saturated heterocycles. The molecule has 0 radical (unpaired) electrons. The van der Waals surface area contributed by atoms with Crippen LogP contribution in [0, 0.1) is 11.7 Å². The number of rotatable bonds is 4. The van der Waals surface area contributed by atoms with Crippen molar-refractivity contribution in [1.82, 2.24) is 10.2 Å². The van der Waals surface area contributed by atoms with E-state index in [4.69, 9.17) is 4.74 Å². The number of hydrogen-bond acceptors (Lipinski definition) is 3. The number of benzene rings is 1. The first kappa shape index (κ1) is 16.5. The van der Waals surface area contributed by atoms with Crippen molar-refractivity contribution in [1.29, 1.82) is 0 Å². The van der Waals surface area contributed by atoms with Gasteiger partial charge in [0.25, 0.3) is 0 Å². The van der Waals surface area contributed by atoms with E-state index in [9.17, 15) is 14.3 Å². The van der Waals surface area contributed by atoms with E-state index in [1.165, 1.54) is 13.2 Å². The molecular formula is C16H23FN2O3. The summed E-state index contributed by atoms with van der Waals surface area (Å²) in [4.78, 5) is 14.0. The molecule has 2 amide bonds. The van der Waals surface area contributed by atoms with Crippen LogP contribution in [0.15, 0.2) is 18.2 Å². The molecular weight excluding hydrogens is 287 g/mol. The Labute approximate surface area is 130 Å². The van der Waals surface area contributed by atoms with Crippen molar-refractivity contribution in [3.05, 3.63) is 29.6 Å². The molecule has 0 saturated carbocycles. The van der Waals surface area contributed by atoms with E-state index in [-0.39, 0.29) is 30.3 Å². The number of carbonyl (C=O) groups excluding carboxylic acids is 1. The Balaban J connectivity index is 1.97. The van der Waals surface area contributed by atoms with Gasteiger partial charge in [-0.3, -0.25) is 0 Å². The zero-order valence-corrected chi connectivity index (χ0v) is 13.0. The largest absolute Gasteiger partial charge is 0.494 e. The molecule has 5 nitrogen and oxygen atoms in total. The number of aliphatic hydroxyl groups excluding tert-OH is 1. The highest BCUT2D eigenvalue weighted by atomic mass is 19.1. The molecule has 2 unspecified atom stereocenters. The number of methoxy groups -OCH3 is 1. The van der Waals surface area contributed by atoms with Crippen molar-refractivity contribution in [2.24, 2.45) is 5.92 Å². The van der Waals surface area contributed by atoms with Gasteiger partial charge in [-0.1, -0.05) is 6.07 Å². The van der Waals surface area contributed by atoms with Gasteiger partial charge in [-0.25, -0.2) is 9.18 Å². The summed E-state index contributed by atoms with van der Waals surface area (Å²) in [5.41, 5.74) is 0.683. The fourth-order valence-corrected chi connectivity index (χ4v) is 2.71. The van der Waals surface area contributed by atoms with Gasteiger partial charge in [-0.2, -0.15) is 0 Å². The maximum atomic E-state index is 13.7. The van der Waals surface area contributed by atoms with E-state index < -0.39 is 5.82 Å². The molecule has 2 atom stereocenters. The second-order valence-corrected chi connectivity index (χ2v) is 5.70. The molecule has 1 aromatic carbocycles. The Hall–Kier alpha value is -1.82. The zero-order chi connectivity index (χ0) is 16.1. The van der Waals surface area contributed by atoms with Crippen molar-refractivity contribution in [2.45, 2.75) is 25.8 Å². The smallest absolute Gasteiger partial charge is 0.317 e. The van der Waals surface area contributed by atoms with Crippen LogP contribution in [0.5, 0.6) is 5.75 Å². The molecule has 6 heteroatoms. The number of nitrogens with one attached hydrogen (secondary N) is 1. The summed E-state index contributed by atoms with van der Waals surface area (Å²) in [6.45, 7) is 3.16. The minimum Gasteiger partial charge on any atom is -0.494 e. The van der Waals surface area contributed by atoms with Gasteiger partial charge in [0, 0.05) is 19.7 Å². The molecule has 1 aliphatic heterocycles. The lowest BCUT2D eigenvalue weighted by molar-refractivity contribution is 0.128. The summed E-state index contributed by atoms with van der Waals surface area (Å²) in [5, 5.41) is 12.1. The highest BCUT2D eigenvalue weighted by molar-refractivity contribution is 5.74. The van der Waals surface area contributed by atoms with E-state index in [0.29, 0.717) is 18.7 Å². The van der Waals surface area contributed by atoms with Gasteiger partial charge in [0.05, 0.1) is 13.2 Å². The molecule has 1 heterocycles. The van der Waals surface area contributed by atoms with Crippen LogP contribution in [0.4, 0.5) is 9.18 Å². The Morgan fingerprint density at radius 3 is 3.00 bits per heavy atom. The van der Waals surface area contributed by atoms with Crippen LogP contribution in [0.25, 0.3) is 0 Å². The van der Waals surface area contributed by atoms with Gasteiger partial charge in [0.1, 0.15) is 0 Å². The summed E-state index contributed by atoms with van der Waals surface area (Å²) in [5.74, 6) is -0.114. The number of carbonyl (C=O) groups is 1. The first-order valence-corrected chi connectivity index (χ1v) is 7.55. The zero-order valence-electron chi connectivity index (χ0n) is 13.0. The topological polar surface area (TPSA) is 61.8 Å². The first-order valence-electron chi connectivity index (χ1n) is 7.55. The van der Waals surface area contributed by atoms with Gasteiger partial charge in [-0.15, -0.1) is 0 Å². The number of amides is 2. The van der Waals surface area contributed by atoms with Crippen LogP contribution < -0.4 is 10.1 Å². The molecule has 0 bridgehead atoms. The number of urea groups is 1. The molecule has 0 aromatic heterocycles. The van der Waals surface area contributed by atoms with Crippen molar-refractivity contribution < 1.29 is 19.0 Å². The number of ether oxygens (including phenoxy) is 1. The predicted octanol–water partition coefficient (Wildman–Crippen LogP) is 2.31. The molecule has 2 rings (SSSR count). The van der Waals surface area contributed by atoms with E-state index in [1.54, 1.807) is 17.0 Å². The molecule has 122 valence electrons. The number of likely N-dealkylation sites (tertiary alicyclic amines) is 1. The maximum absolute atomic E-state index is 13.7. The lowest BCUT2D eigenvalue weighted by Crippen LogP contribution is -2.46. The Bertz CT molecular complexity index is 524. The second kappa shape index (κ2) is 7.45. The van der Waals surface area contributed by atoms with E-state index >= 15 is 0 Å². The highest BCUT2D eigenvalue weighted by Gasteiger charge is 2.24. The minimum atomic E-state index is -0.445. The van der Waals surface area contributed by atoms with Crippen molar-refractivity contribution in [3.63, 3.8) is 0 Å². The molecule has 0 aliphatic carbocycles. The van der Waals surface area contributed by atoms with Crippen LogP contribution in [-0.4, -0.2) is 42.8 Å². The summed E-state index contributed by atoms with van der Waals surface area (Å²) in [6, 6.07) is 4.18. The number of halogens is 1. The normalized spacial score (nSPS) is 19.6. The number of hydrogen-bond donors (Lipinski definition) is 2. The van der Waals surface area contributed by atoms with Crippen LogP contribution in [0.3, 0.4) is 0 Å². The standard InChI is InChI=1S/C16H23FN2O3/c1-11(13-5-6-15(22-2)14(17)8-13)18-16(21)19-7-3-4-12(9-19)10-20/h5-6,8,11-12,20H,3-4,7,9-10H2,1-2H3,(H,18,21). The number of nitrogens with zero attached hydrogens (tertiary/aromatic N) is 1. The Morgan fingerprint density at radius 2 is 2.36 bits per heavy atom. The SMILES string of the molecule is COc1ccc(C(C)NC(=O)N2CCCC(CO)C2)cc1F. The summed E-state index contributed by atoms with van der Waals surface area (Å²) < 4.78 is 18.6. The maximum Gasteiger partial charge on any atom is 0.317 e. The van der Waals surface area contributed by atoms with Crippen LogP contribution in [0.1, 0.15) is 31.4 Å². The van der Waals surface area contributed by atoms with Gasteiger partial charge >= 0.3 is 6.03 Å².